The second-order valence-corrected chi connectivity index (χ2v) is 23.4. The van der Waals surface area contributed by atoms with E-state index in [-0.39, 0.29) is 95.9 Å². The maximum Gasteiger partial charge on any atom is 0.305 e. The number of ether oxygens (including phenoxy) is 8. The fourth-order valence-corrected chi connectivity index (χ4v) is 9.65. The van der Waals surface area contributed by atoms with Gasteiger partial charge in [-0.15, -0.1) is 0 Å². The molecule has 432 valence electrons. The molecule has 0 saturated heterocycles. The third-order valence-corrected chi connectivity index (χ3v) is 14.4. The number of nitrogens with zero attached hydrogens (tertiary/aromatic N) is 2. The van der Waals surface area contributed by atoms with Crippen LogP contribution in [0.2, 0.25) is 0 Å². The number of phenols is 1. The second kappa shape index (κ2) is 33.4. The fourth-order valence-electron chi connectivity index (χ4n) is 8.15. The minimum Gasteiger partial charge on any atom is -0.507 e. The van der Waals surface area contributed by atoms with E-state index in [0.717, 1.165) is 5.57 Å². The van der Waals surface area contributed by atoms with Gasteiger partial charge in [0.05, 0.1) is 115 Å². The van der Waals surface area contributed by atoms with Gasteiger partial charge in [0, 0.05) is 67.5 Å². The van der Waals surface area contributed by atoms with Crippen molar-refractivity contribution in [2.24, 2.45) is 5.41 Å². The predicted octanol–water partition coefficient (Wildman–Crippen LogP) is 5.67. The molecule has 1 aliphatic heterocycles. The molecule has 0 bridgehead atoms. The Bertz CT molecular complexity index is 2510. The molecule has 1 atom stereocenters. The van der Waals surface area contributed by atoms with E-state index in [0.29, 0.717) is 93.8 Å². The highest BCUT2D eigenvalue weighted by Crippen LogP contribution is 2.51. The number of aromatic hydroxyl groups is 1. The van der Waals surface area contributed by atoms with Crippen LogP contribution in [-0.2, 0) is 78.5 Å². The number of methoxy groups -OCH3 is 1. The SMILES string of the molecule is COCCOCCOCCOCCN(CCCS(=O)(=O)O)c1ccc(/C(=C\C/C=C/C=C2/N(CCCS(=O)(=O)O)c3ccc(S(=O)(=O)O)cc3C2(C)CCOCCOCCOCCOCCC(=O)O)C(C)(C)C)c(O)c1. The van der Waals surface area contributed by atoms with Gasteiger partial charge in [-0.25, -0.2) is 0 Å². The van der Waals surface area contributed by atoms with Crippen LogP contribution in [0.3, 0.4) is 0 Å². The Labute approximate surface area is 449 Å². The van der Waals surface area contributed by atoms with Gasteiger partial charge in [0.2, 0.25) is 0 Å². The van der Waals surface area contributed by atoms with Crippen molar-refractivity contribution < 1.29 is 91.8 Å². The number of carbonyl (C=O) groups is 1. The lowest BCUT2D eigenvalue weighted by molar-refractivity contribution is -0.138. The molecule has 1 aliphatic rings. The lowest BCUT2D eigenvalue weighted by atomic mass is 9.78. The first-order valence-corrected chi connectivity index (χ1v) is 29.7. The highest BCUT2D eigenvalue weighted by atomic mass is 32.2. The number of phenolic OH excluding ortho intramolecular Hbond substituents is 1. The maximum atomic E-state index is 12.4. The minimum absolute atomic E-state index is 0.00694. The van der Waals surface area contributed by atoms with E-state index in [1.807, 2.05) is 67.9 Å². The molecule has 0 radical (unpaired) electrons. The zero-order chi connectivity index (χ0) is 56.3. The summed E-state index contributed by atoms with van der Waals surface area (Å²) in [6, 6.07) is 9.47. The van der Waals surface area contributed by atoms with Gasteiger partial charge in [0.25, 0.3) is 30.4 Å². The topological polar surface area (TPSA) is 301 Å². The van der Waals surface area contributed by atoms with Crippen LogP contribution in [0.5, 0.6) is 5.75 Å². The lowest BCUT2D eigenvalue weighted by Crippen LogP contribution is -2.31. The first-order valence-electron chi connectivity index (χ1n) is 25.1. The van der Waals surface area contributed by atoms with E-state index in [9.17, 15) is 48.8 Å². The first kappa shape index (κ1) is 66.2. The van der Waals surface area contributed by atoms with Crippen LogP contribution in [0.4, 0.5) is 11.4 Å². The molecule has 22 nitrogen and oxygen atoms in total. The van der Waals surface area contributed by atoms with Crippen molar-refractivity contribution >= 4 is 53.3 Å². The molecule has 1 heterocycles. The normalized spacial score (nSPS) is 16.1. The van der Waals surface area contributed by atoms with E-state index >= 15 is 0 Å². The lowest BCUT2D eigenvalue weighted by Gasteiger charge is -2.30. The van der Waals surface area contributed by atoms with Gasteiger partial charge in [-0.2, -0.15) is 25.3 Å². The van der Waals surface area contributed by atoms with Crippen LogP contribution < -0.4 is 9.80 Å². The van der Waals surface area contributed by atoms with E-state index in [1.165, 1.54) is 12.1 Å². The second-order valence-electron chi connectivity index (χ2n) is 18.9. The summed E-state index contributed by atoms with van der Waals surface area (Å²) >= 11 is 0. The number of aliphatic carboxylic acids is 1. The molecule has 2 aromatic carbocycles. The number of carboxylic acid groups (broad SMARTS) is 1. The van der Waals surface area contributed by atoms with Crippen LogP contribution in [0.1, 0.15) is 70.9 Å². The van der Waals surface area contributed by atoms with Crippen molar-refractivity contribution in [1.82, 2.24) is 0 Å². The molecule has 0 aromatic heterocycles. The largest absolute Gasteiger partial charge is 0.507 e. The number of allylic oxidation sites excluding steroid dienone is 6. The van der Waals surface area contributed by atoms with Crippen LogP contribution in [0.15, 0.2) is 71.3 Å². The quantitative estimate of drug-likeness (QED) is 0.0396. The Morgan fingerprint density at radius 3 is 1.76 bits per heavy atom. The molecular weight excluding hydrogens is 1060 g/mol. The van der Waals surface area contributed by atoms with Gasteiger partial charge in [0.15, 0.2) is 0 Å². The number of fused-ring (bicyclic) bond motifs is 1. The monoisotopic (exact) mass is 1140 g/mol. The molecule has 0 spiro atoms. The first-order chi connectivity index (χ1) is 35.9. The zero-order valence-electron chi connectivity index (χ0n) is 44.4. The zero-order valence-corrected chi connectivity index (χ0v) is 46.9. The van der Waals surface area contributed by atoms with Crippen molar-refractivity contribution in [2.45, 2.75) is 70.1 Å². The molecule has 0 fully saturated rings. The molecular formula is C51H80N2O20S3. The summed E-state index contributed by atoms with van der Waals surface area (Å²) < 4.78 is 144. The number of benzene rings is 2. The number of hydrogen-bond donors (Lipinski definition) is 5. The summed E-state index contributed by atoms with van der Waals surface area (Å²) in [5, 5.41) is 20.2. The number of carboxylic acids is 1. The van der Waals surface area contributed by atoms with Gasteiger partial charge in [-0.05, 0) is 85.6 Å². The van der Waals surface area contributed by atoms with Crippen molar-refractivity contribution in [1.29, 1.82) is 0 Å². The summed E-state index contributed by atoms with van der Waals surface area (Å²) in [5.74, 6) is -1.91. The van der Waals surface area contributed by atoms with Crippen molar-refractivity contribution in [3.8, 4) is 5.75 Å². The molecule has 1 unspecified atom stereocenters. The van der Waals surface area contributed by atoms with Crippen molar-refractivity contribution in [3.63, 3.8) is 0 Å². The Kier molecular flexibility index (Phi) is 29.1. The molecule has 5 N–H and O–H groups in total. The third kappa shape index (κ3) is 25.2. The minimum atomic E-state index is -4.61. The highest BCUT2D eigenvalue weighted by molar-refractivity contribution is 7.86. The standard InChI is InChI=1S/C51H80N2O20S3/c1-50(2,3)44(43-15-13-41(39-47(43)54)52(19-9-37-74(57,58)59)21-24-69-29-32-73-34-33-70-26-25-66-5)11-7-6-8-12-48-51(4,18-23-68-28-31-72-36-35-71-30-27-67-22-17-49(55)56)45-40-42(76(63,64)65)14-16-46(45)53(48)20-10-38-75(60,61)62/h6,8,11-16,39-40,54H,7,9-10,17-38H2,1-5H3,(H,55,56)(H,57,58,59)(H,60,61,62)(H,63,64,65)/b8-6+,44-11+,48-12+. The Morgan fingerprint density at radius 1 is 0.697 bits per heavy atom. The van der Waals surface area contributed by atoms with Gasteiger partial charge in [0.1, 0.15) is 5.75 Å². The number of anilines is 2. The maximum absolute atomic E-state index is 12.4. The molecule has 0 aliphatic carbocycles. The van der Waals surface area contributed by atoms with Crippen LogP contribution in [0, 0.1) is 5.41 Å². The van der Waals surface area contributed by atoms with E-state index in [1.54, 1.807) is 25.3 Å². The summed E-state index contributed by atoms with van der Waals surface area (Å²) in [4.78, 5) is 14.0. The van der Waals surface area contributed by atoms with Crippen LogP contribution >= 0.6 is 0 Å². The van der Waals surface area contributed by atoms with E-state index in [4.69, 9.17) is 43.0 Å². The van der Waals surface area contributed by atoms with Crippen molar-refractivity contribution in [3.05, 3.63) is 77.5 Å². The average molecular weight is 1140 g/mol. The average Bonchev–Trinajstić information content (AvgIpc) is 3.55. The molecule has 2 aromatic rings. The van der Waals surface area contributed by atoms with Gasteiger partial charge >= 0.3 is 5.97 Å². The third-order valence-electron chi connectivity index (χ3n) is 11.9. The van der Waals surface area contributed by atoms with Crippen LogP contribution in [-0.4, -0.2) is 192 Å². The predicted molar refractivity (Wildman–Crippen MR) is 287 cm³/mol. The highest BCUT2D eigenvalue weighted by Gasteiger charge is 2.44. The van der Waals surface area contributed by atoms with Gasteiger partial charge in [-0.1, -0.05) is 39.0 Å². The summed E-state index contributed by atoms with van der Waals surface area (Å²) in [5.41, 5.74) is 2.46. The fraction of sp³-hybridized carbons (Fsp3) is 0.627. The van der Waals surface area contributed by atoms with Gasteiger partial charge < -0.3 is 57.9 Å². The molecule has 25 heteroatoms. The Balaban J connectivity index is 1.82. The summed E-state index contributed by atoms with van der Waals surface area (Å²) in [7, 11) is -11.5. The molecule has 0 saturated carbocycles. The summed E-state index contributed by atoms with van der Waals surface area (Å²) in [6.07, 6.45) is 8.36. The van der Waals surface area contributed by atoms with E-state index < -0.39 is 58.7 Å². The Hall–Kier alpha value is -4.06. The van der Waals surface area contributed by atoms with Crippen molar-refractivity contribution in [2.75, 3.05) is 147 Å². The Morgan fingerprint density at radius 2 is 1.24 bits per heavy atom. The molecule has 3 rings (SSSR count). The van der Waals surface area contributed by atoms with Crippen LogP contribution in [0.25, 0.3) is 5.57 Å². The smallest absolute Gasteiger partial charge is 0.305 e. The van der Waals surface area contributed by atoms with E-state index in [2.05, 4.69) is 0 Å². The molecule has 76 heavy (non-hydrogen) atoms. The molecule has 0 amide bonds. The number of hydrogen-bond acceptors (Lipinski definition) is 18. The summed E-state index contributed by atoms with van der Waals surface area (Å²) in [6.45, 7) is 13.3. The number of rotatable bonds is 41. The van der Waals surface area contributed by atoms with Gasteiger partial charge in [-0.3, -0.25) is 18.5 Å².